The first-order valence-corrected chi connectivity index (χ1v) is 4.90. The Hall–Kier alpha value is -1.79. The van der Waals surface area contributed by atoms with Crippen molar-refractivity contribution in [3.8, 4) is 12.3 Å². The van der Waals surface area contributed by atoms with Gasteiger partial charge in [0.15, 0.2) is 0 Å². The van der Waals surface area contributed by atoms with E-state index < -0.39 is 0 Å². The number of terminal acetylenes is 1. The number of hydrogen-bond donors (Lipinski definition) is 2. The molecular weight excluding hydrogens is 188 g/mol. The van der Waals surface area contributed by atoms with Gasteiger partial charge in [0.25, 0.3) is 5.91 Å². The number of anilines is 1. The molecule has 1 aliphatic rings. The van der Waals surface area contributed by atoms with Gasteiger partial charge in [0.05, 0.1) is 0 Å². The Morgan fingerprint density at radius 3 is 3.20 bits per heavy atom. The van der Waals surface area contributed by atoms with Crippen molar-refractivity contribution in [3.63, 3.8) is 0 Å². The highest BCUT2D eigenvalue weighted by Crippen LogP contribution is 2.22. The van der Waals surface area contributed by atoms with Crippen LogP contribution in [-0.2, 0) is 17.8 Å². The lowest BCUT2D eigenvalue weighted by Gasteiger charge is -2.19. The molecule has 0 aromatic heterocycles. The Kier molecular flexibility index (Phi) is 2.70. The van der Waals surface area contributed by atoms with Crippen molar-refractivity contribution in [2.45, 2.75) is 13.0 Å². The highest BCUT2D eigenvalue weighted by Gasteiger charge is 2.12. The average Bonchev–Trinajstić information content (AvgIpc) is 2.29. The van der Waals surface area contributed by atoms with E-state index in [2.05, 4.69) is 22.6 Å². The minimum Gasteiger partial charge on any atom is -0.315 e. The molecule has 2 N–H and O–H groups in total. The molecule has 0 unspecified atom stereocenters. The van der Waals surface area contributed by atoms with Crippen LogP contribution < -0.4 is 10.6 Å². The Labute approximate surface area is 88.9 Å². The van der Waals surface area contributed by atoms with Gasteiger partial charge < -0.3 is 10.6 Å². The molecule has 0 saturated carbocycles. The van der Waals surface area contributed by atoms with E-state index in [-0.39, 0.29) is 5.91 Å². The summed E-state index contributed by atoms with van der Waals surface area (Å²) in [4.78, 5) is 11.1. The minimum atomic E-state index is -0.387. The van der Waals surface area contributed by atoms with E-state index >= 15 is 0 Å². The second kappa shape index (κ2) is 4.16. The van der Waals surface area contributed by atoms with Crippen molar-refractivity contribution < 1.29 is 4.79 Å². The fourth-order valence-electron chi connectivity index (χ4n) is 1.81. The maximum absolute atomic E-state index is 11.1. The zero-order valence-electron chi connectivity index (χ0n) is 8.34. The summed E-state index contributed by atoms with van der Waals surface area (Å²) >= 11 is 0. The normalized spacial score (nSPS) is 13.8. The van der Waals surface area contributed by atoms with E-state index in [1.54, 1.807) is 0 Å². The molecule has 0 saturated heterocycles. The Balaban J connectivity index is 2.32. The highest BCUT2D eigenvalue weighted by molar-refractivity contribution is 6.04. The molecule has 0 atom stereocenters. The molecule has 0 radical (unpaired) electrons. The Morgan fingerprint density at radius 1 is 1.53 bits per heavy atom. The van der Waals surface area contributed by atoms with Gasteiger partial charge in [-0.05, 0) is 36.1 Å². The van der Waals surface area contributed by atoms with Crippen molar-refractivity contribution >= 4 is 11.6 Å². The first kappa shape index (κ1) is 9.75. The molecule has 0 spiro atoms. The molecule has 0 aliphatic carbocycles. The van der Waals surface area contributed by atoms with Crippen LogP contribution in [0.1, 0.15) is 11.1 Å². The number of carbonyl (C=O) groups excluding carboxylic acids is 1. The van der Waals surface area contributed by atoms with Crippen LogP contribution in [0.4, 0.5) is 5.69 Å². The molecule has 1 aromatic carbocycles. The van der Waals surface area contributed by atoms with Crippen LogP contribution in [0.2, 0.25) is 0 Å². The van der Waals surface area contributed by atoms with Crippen molar-refractivity contribution in [1.82, 2.24) is 5.32 Å². The molecule has 0 fully saturated rings. The predicted octanol–water partition coefficient (Wildman–Crippen LogP) is 0.904. The summed E-state index contributed by atoms with van der Waals surface area (Å²) in [7, 11) is 0. The van der Waals surface area contributed by atoms with Gasteiger partial charge in [-0.25, -0.2) is 0 Å². The van der Waals surface area contributed by atoms with Crippen LogP contribution in [0.15, 0.2) is 18.2 Å². The smallest absolute Gasteiger partial charge is 0.300 e. The second-order valence-electron chi connectivity index (χ2n) is 3.47. The zero-order chi connectivity index (χ0) is 10.7. The fourth-order valence-corrected chi connectivity index (χ4v) is 1.81. The summed E-state index contributed by atoms with van der Waals surface area (Å²) in [5.74, 6) is 1.67. The van der Waals surface area contributed by atoms with Crippen LogP contribution >= 0.6 is 0 Å². The maximum Gasteiger partial charge on any atom is 0.300 e. The van der Waals surface area contributed by atoms with E-state index in [1.807, 2.05) is 12.1 Å². The van der Waals surface area contributed by atoms with Crippen LogP contribution in [0.5, 0.6) is 0 Å². The first-order valence-electron chi connectivity index (χ1n) is 4.90. The summed E-state index contributed by atoms with van der Waals surface area (Å²) in [6, 6.07) is 5.88. The third-order valence-electron chi connectivity index (χ3n) is 2.52. The third kappa shape index (κ3) is 2.00. The van der Waals surface area contributed by atoms with Crippen molar-refractivity contribution in [2.24, 2.45) is 0 Å². The zero-order valence-corrected chi connectivity index (χ0v) is 8.34. The molecule has 1 amide bonds. The van der Waals surface area contributed by atoms with Crippen molar-refractivity contribution in [3.05, 3.63) is 29.3 Å². The molecule has 2 rings (SSSR count). The summed E-state index contributed by atoms with van der Waals surface area (Å²) in [6.07, 6.45) is 5.95. The molecule has 76 valence electrons. The molecular formula is C12H12N2O. The summed E-state index contributed by atoms with van der Waals surface area (Å²) in [5.41, 5.74) is 3.27. The van der Waals surface area contributed by atoms with Crippen LogP contribution in [0, 0.1) is 12.3 Å². The predicted molar refractivity (Wildman–Crippen MR) is 59.3 cm³/mol. The number of nitrogens with one attached hydrogen (secondary N) is 2. The average molecular weight is 200 g/mol. The van der Waals surface area contributed by atoms with Gasteiger partial charge in [0.2, 0.25) is 0 Å². The lowest BCUT2D eigenvalue weighted by atomic mass is 9.99. The molecule has 0 bridgehead atoms. The SMILES string of the molecule is C#CC(=O)Nc1cccc2c1CCNC2. The number of hydrogen-bond acceptors (Lipinski definition) is 2. The molecule has 3 heteroatoms. The second-order valence-corrected chi connectivity index (χ2v) is 3.47. The molecule has 1 aliphatic heterocycles. The van der Waals surface area contributed by atoms with Crippen LogP contribution in [0.3, 0.4) is 0 Å². The monoisotopic (exact) mass is 200 g/mol. The van der Waals surface area contributed by atoms with Gasteiger partial charge in [0.1, 0.15) is 0 Å². The van der Waals surface area contributed by atoms with Crippen LogP contribution in [-0.4, -0.2) is 12.5 Å². The standard InChI is InChI=1S/C12H12N2O/c1-2-12(15)14-11-5-3-4-9-8-13-7-6-10(9)11/h1,3-5,13H,6-8H2,(H,14,15). The Morgan fingerprint density at radius 2 is 2.40 bits per heavy atom. The largest absolute Gasteiger partial charge is 0.315 e. The van der Waals surface area contributed by atoms with Crippen LogP contribution in [0.25, 0.3) is 0 Å². The lowest BCUT2D eigenvalue weighted by molar-refractivity contribution is -0.111. The van der Waals surface area contributed by atoms with Gasteiger partial charge in [0, 0.05) is 12.2 Å². The number of benzene rings is 1. The maximum atomic E-state index is 11.1. The molecule has 1 aromatic rings. The molecule has 1 heterocycles. The van der Waals surface area contributed by atoms with Gasteiger partial charge in [-0.1, -0.05) is 12.1 Å². The van der Waals surface area contributed by atoms with Crippen molar-refractivity contribution in [1.29, 1.82) is 0 Å². The topological polar surface area (TPSA) is 41.1 Å². The summed E-state index contributed by atoms with van der Waals surface area (Å²) in [6.45, 7) is 1.80. The first-order chi connectivity index (χ1) is 7.31. The van der Waals surface area contributed by atoms with Gasteiger partial charge in [-0.15, -0.1) is 6.42 Å². The van der Waals surface area contributed by atoms with E-state index in [0.717, 1.165) is 25.2 Å². The number of amides is 1. The number of carbonyl (C=O) groups is 1. The molecule has 15 heavy (non-hydrogen) atoms. The fraction of sp³-hybridized carbons (Fsp3) is 0.250. The van der Waals surface area contributed by atoms with E-state index in [0.29, 0.717) is 0 Å². The van der Waals surface area contributed by atoms with Gasteiger partial charge in [-0.3, -0.25) is 4.79 Å². The third-order valence-corrected chi connectivity index (χ3v) is 2.52. The molecule has 3 nitrogen and oxygen atoms in total. The van der Waals surface area contributed by atoms with E-state index in [1.165, 1.54) is 11.1 Å². The van der Waals surface area contributed by atoms with Gasteiger partial charge in [-0.2, -0.15) is 0 Å². The van der Waals surface area contributed by atoms with Gasteiger partial charge >= 0.3 is 0 Å². The Bertz CT molecular complexity index is 432. The lowest BCUT2D eigenvalue weighted by Crippen LogP contribution is -2.25. The summed E-state index contributed by atoms with van der Waals surface area (Å²) < 4.78 is 0. The number of rotatable bonds is 1. The van der Waals surface area contributed by atoms with Crippen molar-refractivity contribution in [2.75, 3.05) is 11.9 Å². The number of fused-ring (bicyclic) bond motifs is 1. The van der Waals surface area contributed by atoms with E-state index in [9.17, 15) is 4.79 Å². The quantitative estimate of drug-likeness (QED) is 0.661. The minimum absolute atomic E-state index is 0.387. The summed E-state index contributed by atoms with van der Waals surface area (Å²) in [5, 5.41) is 6.00. The highest BCUT2D eigenvalue weighted by atomic mass is 16.1. The van der Waals surface area contributed by atoms with E-state index in [4.69, 9.17) is 6.42 Å².